The number of hydrogen-bond acceptors (Lipinski definition) is 3. The number of imidazole rings is 1. The molecule has 4 heteroatoms. The van der Waals surface area contributed by atoms with Crippen LogP contribution in [0.25, 0.3) is 0 Å². The van der Waals surface area contributed by atoms with Crippen LogP contribution in [0.4, 0.5) is 0 Å². The fourth-order valence-electron chi connectivity index (χ4n) is 2.76. The van der Waals surface area contributed by atoms with E-state index in [4.69, 9.17) is 0 Å². The van der Waals surface area contributed by atoms with Crippen molar-refractivity contribution in [3.8, 4) is 0 Å². The fraction of sp³-hybridized carbons (Fsp3) is 0.500. The van der Waals surface area contributed by atoms with Gasteiger partial charge >= 0.3 is 0 Å². The molecule has 0 radical (unpaired) electrons. The molecule has 96 valence electrons. The molecule has 2 atom stereocenters. The number of nitrogens with one attached hydrogen (secondary N) is 2. The van der Waals surface area contributed by atoms with Gasteiger partial charge in [0.1, 0.15) is 5.82 Å². The van der Waals surface area contributed by atoms with Crippen LogP contribution in [0.15, 0.2) is 23.8 Å². The summed E-state index contributed by atoms with van der Waals surface area (Å²) >= 11 is 1.90. The smallest absolute Gasteiger partial charge is 0.123 e. The summed E-state index contributed by atoms with van der Waals surface area (Å²) in [5.74, 6) is 1.06. The minimum absolute atomic E-state index is 0.329. The maximum atomic E-state index is 4.38. The Morgan fingerprint density at radius 2 is 2.56 bits per heavy atom. The van der Waals surface area contributed by atoms with E-state index in [1.165, 1.54) is 24.8 Å². The average Bonchev–Trinajstić information content (AvgIpc) is 3.06. The fourth-order valence-corrected chi connectivity index (χ4v) is 3.75. The normalized spacial score (nSPS) is 20.6. The van der Waals surface area contributed by atoms with Crippen LogP contribution in [0.5, 0.6) is 0 Å². The highest BCUT2D eigenvalue weighted by Gasteiger charge is 2.24. The maximum absolute atomic E-state index is 4.38. The van der Waals surface area contributed by atoms with Gasteiger partial charge in [-0.3, -0.25) is 0 Å². The molecule has 0 saturated heterocycles. The second-order valence-corrected chi connectivity index (χ2v) is 5.85. The highest BCUT2D eigenvalue weighted by Crippen LogP contribution is 2.34. The standard InChI is InChI=1S/C14H19N3S/c1-2-11(14-15-7-8-16-14)17-12-4-3-5-13-10(12)6-9-18-13/h6-9,11-12,17H,2-5H2,1H3,(H,15,16). The lowest BCUT2D eigenvalue weighted by atomic mass is 9.93. The lowest BCUT2D eigenvalue weighted by molar-refractivity contribution is 0.386. The molecule has 2 N–H and O–H groups in total. The Hall–Kier alpha value is -1.13. The number of hydrogen-bond donors (Lipinski definition) is 2. The third-order valence-electron chi connectivity index (χ3n) is 3.71. The second-order valence-electron chi connectivity index (χ2n) is 4.85. The molecule has 2 aromatic rings. The van der Waals surface area contributed by atoms with Gasteiger partial charge in [0, 0.05) is 23.3 Å². The largest absolute Gasteiger partial charge is 0.347 e. The van der Waals surface area contributed by atoms with Gasteiger partial charge in [0.25, 0.3) is 0 Å². The molecular formula is C14H19N3S. The van der Waals surface area contributed by atoms with Crippen molar-refractivity contribution in [2.75, 3.05) is 0 Å². The minimum Gasteiger partial charge on any atom is -0.347 e. The molecule has 0 saturated carbocycles. The molecule has 0 aromatic carbocycles. The summed E-state index contributed by atoms with van der Waals surface area (Å²) in [6, 6.07) is 3.11. The zero-order chi connectivity index (χ0) is 12.4. The van der Waals surface area contributed by atoms with E-state index in [1.54, 1.807) is 4.88 Å². The molecule has 2 unspecified atom stereocenters. The number of aromatic amines is 1. The number of aromatic nitrogens is 2. The molecule has 0 bridgehead atoms. The number of thiophene rings is 1. The zero-order valence-corrected chi connectivity index (χ0v) is 11.5. The van der Waals surface area contributed by atoms with Crippen molar-refractivity contribution in [1.29, 1.82) is 0 Å². The minimum atomic E-state index is 0.329. The summed E-state index contributed by atoms with van der Waals surface area (Å²) in [4.78, 5) is 9.17. The van der Waals surface area contributed by atoms with Crippen molar-refractivity contribution in [1.82, 2.24) is 15.3 Å². The topological polar surface area (TPSA) is 40.7 Å². The predicted molar refractivity (Wildman–Crippen MR) is 74.8 cm³/mol. The predicted octanol–water partition coefficient (Wildman–Crippen LogP) is 3.59. The van der Waals surface area contributed by atoms with Gasteiger partial charge in [-0.15, -0.1) is 11.3 Å². The van der Waals surface area contributed by atoms with Gasteiger partial charge in [-0.2, -0.15) is 0 Å². The van der Waals surface area contributed by atoms with Crippen LogP contribution in [-0.4, -0.2) is 9.97 Å². The van der Waals surface area contributed by atoms with Crippen molar-refractivity contribution in [2.24, 2.45) is 0 Å². The molecule has 0 amide bonds. The first kappa shape index (κ1) is 11.9. The van der Waals surface area contributed by atoms with Crippen molar-refractivity contribution >= 4 is 11.3 Å². The Bertz CT molecular complexity index is 489. The molecule has 3 nitrogen and oxygen atoms in total. The van der Waals surface area contributed by atoms with Crippen molar-refractivity contribution in [3.05, 3.63) is 40.1 Å². The lowest BCUT2D eigenvalue weighted by Crippen LogP contribution is -2.29. The third kappa shape index (κ3) is 2.22. The summed E-state index contributed by atoms with van der Waals surface area (Å²) in [6.07, 6.45) is 8.57. The number of aryl methyl sites for hydroxylation is 1. The highest BCUT2D eigenvalue weighted by molar-refractivity contribution is 7.10. The van der Waals surface area contributed by atoms with Gasteiger partial charge in [0.15, 0.2) is 0 Å². The molecule has 1 aliphatic rings. The van der Waals surface area contributed by atoms with Gasteiger partial charge in [0.05, 0.1) is 6.04 Å². The van der Waals surface area contributed by atoms with Gasteiger partial charge < -0.3 is 10.3 Å². The first-order chi connectivity index (χ1) is 8.88. The van der Waals surface area contributed by atoms with E-state index in [-0.39, 0.29) is 0 Å². The number of rotatable bonds is 4. The third-order valence-corrected chi connectivity index (χ3v) is 4.71. The highest BCUT2D eigenvalue weighted by atomic mass is 32.1. The molecule has 3 rings (SSSR count). The Morgan fingerprint density at radius 1 is 1.61 bits per heavy atom. The first-order valence-corrected chi connectivity index (χ1v) is 7.58. The summed E-state index contributed by atoms with van der Waals surface area (Å²) < 4.78 is 0. The van der Waals surface area contributed by atoms with E-state index in [1.807, 2.05) is 23.7 Å². The monoisotopic (exact) mass is 261 g/mol. The van der Waals surface area contributed by atoms with Crippen molar-refractivity contribution < 1.29 is 0 Å². The summed E-state index contributed by atoms with van der Waals surface area (Å²) in [7, 11) is 0. The van der Waals surface area contributed by atoms with Crippen LogP contribution >= 0.6 is 11.3 Å². The molecule has 2 heterocycles. The van der Waals surface area contributed by atoms with Crippen LogP contribution in [-0.2, 0) is 6.42 Å². The molecule has 0 aliphatic heterocycles. The van der Waals surface area contributed by atoms with E-state index < -0.39 is 0 Å². The Morgan fingerprint density at radius 3 is 3.33 bits per heavy atom. The van der Waals surface area contributed by atoms with Crippen LogP contribution in [0.3, 0.4) is 0 Å². The summed E-state index contributed by atoms with van der Waals surface area (Å²) in [5.41, 5.74) is 1.51. The molecule has 0 fully saturated rings. The van der Waals surface area contributed by atoms with Crippen LogP contribution < -0.4 is 5.32 Å². The van der Waals surface area contributed by atoms with Crippen molar-refractivity contribution in [2.45, 2.75) is 44.7 Å². The Labute approximate surface area is 112 Å². The maximum Gasteiger partial charge on any atom is 0.123 e. The van der Waals surface area contributed by atoms with Gasteiger partial charge in [-0.1, -0.05) is 6.92 Å². The average molecular weight is 261 g/mol. The number of H-pyrrole nitrogens is 1. The van der Waals surface area contributed by atoms with Crippen LogP contribution in [0.2, 0.25) is 0 Å². The summed E-state index contributed by atoms with van der Waals surface area (Å²) in [6.45, 7) is 2.21. The van der Waals surface area contributed by atoms with Crippen LogP contribution in [0, 0.1) is 0 Å². The van der Waals surface area contributed by atoms with E-state index >= 15 is 0 Å². The number of fused-ring (bicyclic) bond motifs is 1. The summed E-state index contributed by atoms with van der Waals surface area (Å²) in [5, 5.41) is 5.98. The lowest BCUT2D eigenvalue weighted by Gasteiger charge is -2.27. The molecule has 1 aliphatic carbocycles. The zero-order valence-electron chi connectivity index (χ0n) is 10.6. The van der Waals surface area contributed by atoms with Gasteiger partial charge in [-0.25, -0.2) is 4.98 Å². The van der Waals surface area contributed by atoms with E-state index in [2.05, 4.69) is 33.7 Å². The molecule has 0 spiro atoms. The SMILES string of the molecule is CCC(NC1CCCc2sccc21)c1ncc[nH]1. The first-order valence-electron chi connectivity index (χ1n) is 6.70. The van der Waals surface area contributed by atoms with E-state index in [0.29, 0.717) is 12.1 Å². The molecular weight excluding hydrogens is 242 g/mol. The number of nitrogens with zero attached hydrogens (tertiary/aromatic N) is 1. The Kier molecular flexibility index (Phi) is 3.48. The van der Waals surface area contributed by atoms with E-state index in [0.717, 1.165) is 12.2 Å². The molecule has 2 aromatic heterocycles. The van der Waals surface area contributed by atoms with Crippen molar-refractivity contribution in [3.63, 3.8) is 0 Å². The van der Waals surface area contributed by atoms with E-state index in [9.17, 15) is 0 Å². The second kappa shape index (κ2) is 5.24. The van der Waals surface area contributed by atoms with Gasteiger partial charge in [-0.05, 0) is 42.7 Å². The molecule has 18 heavy (non-hydrogen) atoms. The van der Waals surface area contributed by atoms with Crippen LogP contribution in [0.1, 0.15) is 54.5 Å². The Balaban J connectivity index is 1.77. The van der Waals surface area contributed by atoms with Gasteiger partial charge in [0.2, 0.25) is 0 Å². The quantitative estimate of drug-likeness (QED) is 0.883.